The molecule has 0 spiro atoms. The summed E-state index contributed by atoms with van der Waals surface area (Å²) in [5.41, 5.74) is 1.95. The average molecular weight is 199 g/mol. The van der Waals surface area contributed by atoms with Gasteiger partial charge in [0.1, 0.15) is 6.04 Å². The molecule has 0 aliphatic carbocycles. The van der Waals surface area contributed by atoms with Gasteiger partial charge in [0.2, 0.25) is 5.91 Å². The number of hydrogen-bond donors (Lipinski definition) is 2. The average Bonchev–Trinajstić information content (AvgIpc) is 2.40. The van der Waals surface area contributed by atoms with Crippen LogP contribution in [0.3, 0.4) is 0 Å². The SMILES string of the molecule is CNC1C(=O)Nc2ccccc21.Cl. The highest BCUT2D eigenvalue weighted by Gasteiger charge is 2.27. The normalized spacial score (nSPS) is 18.8. The number of halogens is 1. The zero-order valence-electron chi connectivity index (χ0n) is 7.20. The summed E-state index contributed by atoms with van der Waals surface area (Å²) in [6.45, 7) is 0. The van der Waals surface area contributed by atoms with Crippen LogP contribution in [0.15, 0.2) is 24.3 Å². The summed E-state index contributed by atoms with van der Waals surface area (Å²) in [4.78, 5) is 11.3. The number of hydrogen-bond acceptors (Lipinski definition) is 2. The Balaban J connectivity index is 0.000000845. The third kappa shape index (κ3) is 1.53. The second-order valence-corrected chi connectivity index (χ2v) is 2.80. The molecule has 0 aromatic heterocycles. The van der Waals surface area contributed by atoms with Gasteiger partial charge in [-0.25, -0.2) is 0 Å². The first-order chi connectivity index (χ1) is 5.83. The van der Waals surface area contributed by atoms with Gasteiger partial charge in [0.25, 0.3) is 0 Å². The Morgan fingerprint density at radius 1 is 1.38 bits per heavy atom. The number of nitrogens with one attached hydrogen (secondary N) is 2. The zero-order valence-corrected chi connectivity index (χ0v) is 8.02. The van der Waals surface area contributed by atoms with Crippen LogP contribution in [0, 0.1) is 0 Å². The number of fused-ring (bicyclic) bond motifs is 1. The van der Waals surface area contributed by atoms with Gasteiger partial charge in [0.05, 0.1) is 0 Å². The first-order valence-electron chi connectivity index (χ1n) is 3.90. The van der Waals surface area contributed by atoms with Gasteiger partial charge in [-0.1, -0.05) is 18.2 Å². The van der Waals surface area contributed by atoms with Crippen molar-refractivity contribution < 1.29 is 4.79 Å². The van der Waals surface area contributed by atoms with E-state index < -0.39 is 0 Å². The molecule has 0 radical (unpaired) electrons. The smallest absolute Gasteiger partial charge is 0.246 e. The molecule has 0 fully saturated rings. The molecule has 0 bridgehead atoms. The van der Waals surface area contributed by atoms with Crippen molar-refractivity contribution in [1.29, 1.82) is 0 Å². The molecule has 2 N–H and O–H groups in total. The fourth-order valence-corrected chi connectivity index (χ4v) is 1.50. The monoisotopic (exact) mass is 198 g/mol. The Labute approximate surface area is 82.9 Å². The minimum atomic E-state index is -0.179. The van der Waals surface area contributed by atoms with Crippen molar-refractivity contribution in [2.24, 2.45) is 0 Å². The highest BCUT2D eigenvalue weighted by molar-refractivity contribution is 6.02. The maximum absolute atomic E-state index is 11.3. The maximum Gasteiger partial charge on any atom is 0.246 e. The molecular formula is C9H11ClN2O. The Bertz CT molecular complexity index is 327. The second kappa shape index (κ2) is 3.77. The first-order valence-corrected chi connectivity index (χ1v) is 3.90. The highest BCUT2D eigenvalue weighted by Crippen LogP contribution is 2.29. The van der Waals surface area contributed by atoms with Crippen molar-refractivity contribution in [3.05, 3.63) is 29.8 Å². The van der Waals surface area contributed by atoms with Gasteiger partial charge in [-0.05, 0) is 13.1 Å². The van der Waals surface area contributed by atoms with Crippen molar-refractivity contribution in [3.63, 3.8) is 0 Å². The standard InChI is InChI=1S/C9H10N2O.ClH/c1-10-8-6-4-2-3-5-7(6)11-9(8)12;/h2-5,8,10H,1H3,(H,11,12);1H. The fraction of sp³-hybridized carbons (Fsp3) is 0.222. The highest BCUT2D eigenvalue weighted by atomic mass is 35.5. The van der Waals surface area contributed by atoms with E-state index in [2.05, 4.69) is 10.6 Å². The van der Waals surface area contributed by atoms with Gasteiger partial charge in [0, 0.05) is 11.3 Å². The molecule has 1 aliphatic heterocycles. The molecular weight excluding hydrogens is 188 g/mol. The van der Waals surface area contributed by atoms with Crippen LogP contribution in [0.2, 0.25) is 0 Å². The van der Waals surface area contributed by atoms with Crippen LogP contribution in [-0.2, 0) is 4.79 Å². The Morgan fingerprint density at radius 3 is 2.77 bits per heavy atom. The lowest BCUT2D eigenvalue weighted by atomic mass is 10.1. The number of para-hydroxylation sites is 1. The molecule has 1 aromatic carbocycles. The fourth-order valence-electron chi connectivity index (χ4n) is 1.50. The van der Waals surface area contributed by atoms with Crippen molar-refractivity contribution in [2.75, 3.05) is 12.4 Å². The summed E-state index contributed by atoms with van der Waals surface area (Å²) in [6, 6.07) is 7.53. The Morgan fingerprint density at radius 2 is 2.08 bits per heavy atom. The predicted molar refractivity (Wildman–Crippen MR) is 54.1 cm³/mol. The molecule has 4 heteroatoms. The minimum Gasteiger partial charge on any atom is -0.324 e. The molecule has 1 unspecified atom stereocenters. The Kier molecular flexibility index (Phi) is 2.90. The summed E-state index contributed by atoms with van der Waals surface area (Å²) in [5.74, 6) is 0.0266. The number of carbonyl (C=O) groups excluding carboxylic acids is 1. The molecule has 1 atom stereocenters. The van der Waals surface area contributed by atoms with E-state index in [1.54, 1.807) is 7.05 Å². The lowest BCUT2D eigenvalue weighted by Crippen LogP contribution is -2.23. The predicted octanol–water partition coefficient (Wildman–Crippen LogP) is 1.32. The van der Waals surface area contributed by atoms with Gasteiger partial charge in [-0.15, -0.1) is 12.4 Å². The third-order valence-electron chi connectivity index (χ3n) is 2.08. The molecule has 2 rings (SSSR count). The molecule has 1 aromatic rings. The minimum absolute atomic E-state index is 0. The summed E-state index contributed by atoms with van der Waals surface area (Å²) in [7, 11) is 1.78. The van der Waals surface area contributed by atoms with Crippen molar-refractivity contribution in [1.82, 2.24) is 5.32 Å². The molecule has 13 heavy (non-hydrogen) atoms. The van der Waals surface area contributed by atoms with E-state index in [0.29, 0.717) is 0 Å². The third-order valence-corrected chi connectivity index (χ3v) is 2.08. The van der Waals surface area contributed by atoms with Gasteiger partial charge < -0.3 is 10.6 Å². The van der Waals surface area contributed by atoms with Crippen LogP contribution < -0.4 is 10.6 Å². The van der Waals surface area contributed by atoms with Crippen molar-refractivity contribution in [3.8, 4) is 0 Å². The van der Waals surface area contributed by atoms with Crippen LogP contribution >= 0.6 is 12.4 Å². The van der Waals surface area contributed by atoms with Crippen molar-refractivity contribution >= 4 is 24.0 Å². The van der Waals surface area contributed by atoms with Gasteiger partial charge >= 0.3 is 0 Å². The largest absolute Gasteiger partial charge is 0.324 e. The second-order valence-electron chi connectivity index (χ2n) is 2.80. The van der Waals surface area contributed by atoms with E-state index >= 15 is 0 Å². The number of amides is 1. The van der Waals surface area contributed by atoms with Crippen LogP contribution in [0.25, 0.3) is 0 Å². The van der Waals surface area contributed by atoms with Gasteiger partial charge in [-0.3, -0.25) is 4.79 Å². The zero-order chi connectivity index (χ0) is 8.55. The number of anilines is 1. The van der Waals surface area contributed by atoms with Gasteiger partial charge in [0.15, 0.2) is 0 Å². The molecule has 1 heterocycles. The maximum atomic E-state index is 11.3. The number of benzene rings is 1. The summed E-state index contributed by atoms with van der Waals surface area (Å²) in [6.07, 6.45) is 0. The summed E-state index contributed by atoms with van der Waals surface area (Å²) >= 11 is 0. The number of carbonyl (C=O) groups is 1. The van der Waals surface area contributed by atoms with Crippen LogP contribution in [-0.4, -0.2) is 13.0 Å². The van der Waals surface area contributed by atoms with Gasteiger partial charge in [-0.2, -0.15) is 0 Å². The topological polar surface area (TPSA) is 41.1 Å². The summed E-state index contributed by atoms with van der Waals surface area (Å²) in [5, 5.41) is 5.75. The Hall–Kier alpha value is -1.06. The quantitative estimate of drug-likeness (QED) is 0.715. The van der Waals surface area contributed by atoms with E-state index in [0.717, 1.165) is 11.3 Å². The number of likely N-dealkylation sites (N-methyl/N-ethyl adjacent to an activating group) is 1. The van der Waals surface area contributed by atoms with E-state index in [-0.39, 0.29) is 24.4 Å². The molecule has 1 aliphatic rings. The van der Waals surface area contributed by atoms with E-state index in [4.69, 9.17) is 0 Å². The van der Waals surface area contributed by atoms with Crippen LogP contribution in [0.5, 0.6) is 0 Å². The molecule has 0 saturated heterocycles. The van der Waals surface area contributed by atoms with E-state index in [9.17, 15) is 4.79 Å². The first kappa shape index (κ1) is 10.0. The molecule has 1 amide bonds. The van der Waals surface area contributed by atoms with E-state index in [1.165, 1.54) is 0 Å². The molecule has 3 nitrogen and oxygen atoms in total. The van der Waals surface area contributed by atoms with E-state index in [1.807, 2.05) is 24.3 Å². The van der Waals surface area contributed by atoms with Crippen LogP contribution in [0.1, 0.15) is 11.6 Å². The molecule has 0 saturated carbocycles. The lowest BCUT2D eigenvalue weighted by Gasteiger charge is -2.04. The number of rotatable bonds is 1. The molecule has 70 valence electrons. The van der Waals surface area contributed by atoms with Crippen LogP contribution in [0.4, 0.5) is 5.69 Å². The summed E-state index contributed by atoms with van der Waals surface area (Å²) < 4.78 is 0. The van der Waals surface area contributed by atoms with Crippen molar-refractivity contribution in [2.45, 2.75) is 6.04 Å². The lowest BCUT2D eigenvalue weighted by molar-refractivity contribution is -0.117.